The molecule has 10 nitrogen and oxygen atoms in total. The molecule has 0 bridgehead atoms. The van der Waals surface area contributed by atoms with Crippen molar-refractivity contribution in [1.82, 2.24) is 15.3 Å². The number of aromatic amines is 1. The van der Waals surface area contributed by atoms with Crippen LogP contribution in [0.3, 0.4) is 0 Å². The first-order valence-electron chi connectivity index (χ1n) is 10.5. The zero-order valence-corrected chi connectivity index (χ0v) is 19.2. The van der Waals surface area contributed by atoms with Crippen LogP contribution in [-0.4, -0.2) is 42.1 Å². The van der Waals surface area contributed by atoms with Crippen molar-refractivity contribution in [3.05, 3.63) is 87.7 Å². The lowest BCUT2D eigenvalue weighted by Gasteiger charge is -2.14. The van der Waals surface area contributed by atoms with Gasteiger partial charge in [-0.25, -0.2) is 4.98 Å². The summed E-state index contributed by atoms with van der Waals surface area (Å²) in [4.78, 5) is 31.2. The molecule has 0 aliphatic heterocycles. The van der Waals surface area contributed by atoms with Gasteiger partial charge in [-0.15, -0.1) is 0 Å². The maximum Gasteiger partial charge on any atom is 0.271 e. The van der Waals surface area contributed by atoms with Gasteiger partial charge in [0.05, 0.1) is 43.0 Å². The number of imidazole rings is 1. The molecule has 1 aromatic heterocycles. The van der Waals surface area contributed by atoms with Crippen LogP contribution in [0.1, 0.15) is 21.7 Å². The topological polar surface area (TPSA) is 129 Å². The Balaban J connectivity index is 1.83. The van der Waals surface area contributed by atoms with Crippen LogP contribution < -0.4 is 19.5 Å². The Morgan fingerprint density at radius 1 is 1.00 bits per heavy atom. The summed E-state index contributed by atoms with van der Waals surface area (Å²) in [7, 11) is 4.53. The number of nitro groups is 1. The van der Waals surface area contributed by atoms with E-state index in [0.717, 1.165) is 0 Å². The van der Waals surface area contributed by atoms with Crippen LogP contribution in [0.2, 0.25) is 0 Å². The van der Waals surface area contributed by atoms with E-state index in [2.05, 4.69) is 15.3 Å². The number of nitro benzene ring substituents is 1. The number of carbonyl (C=O) groups excluding carboxylic acids is 1. The van der Waals surface area contributed by atoms with E-state index in [0.29, 0.717) is 50.9 Å². The molecule has 0 aliphatic rings. The molecule has 1 heterocycles. The molecule has 0 unspecified atom stereocenters. The number of ether oxygens (including phenoxy) is 3. The van der Waals surface area contributed by atoms with E-state index in [1.807, 2.05) is 6.07 Å². The number of carbonyl (C=O) groups is 1. The van der Waals surface area contributed by atoms with Gasteiger partial charge in [0.1, 0.15) is 0 Å². The minimum Gasteiger partial charge on any atom is -0.493 e. The number of nitrogens with one attached hydrogen (secondary N) is 2. The van der Waals surface area contributed by atoms with Crippen LogP contribution in [0.15, 0.2) is 60.7 Å². The van der Waals surface area contributed by atoms with Crippen LogP contribution >= 0.6 is 0 Å². The fraction of sp³-hybridized carbons (Fsp3) is 0.120. The van der Waals surface area contributed by atoms with E-state index in [4.69, 9.17) is 14.2 Å². The minimum atomic E-state index is -0.482. The Hall–Kier alpha value is -4.86. The average Bonchev–Trinajstić information content (AvgIpc) is 3.31. The Labute approximate surface area is 200 Å². The van der Waals surface area contributed by atoms with Crippen LogP contribution in [0.4, 0.5) is 5.69 Å². The smallest absolute Gasteiger partial charge is 0.271 e. The van der Waals surface area contributed by atoms with E-state index in [9.17, 15) is 14.9 Å². The second kappa shape index (κ2) is 9.96. The molecule has 3 aromatic carbocycles. The van der Waals surface area contributed by atoms with Crippen molar-refractivity contribution in [2.24, 2.45) is 0 Å². The van der Waals surface area contributed by atoms with Gasteiger partial charge in [-0.05, 0) is 42.0 Å². The first-order chi connectivity index (χ1) is 16.9. The predicted octanol–water partition coefficient (Wildman–Crippen LogP) is 4.43. The van der Waals surface area contributed by atoms with Crippen molar-refractivity contribution in [1.29, 1.82) is 0 Å². The van der Waals surface area contributed by atoms with Crippen molar-refractivity contribution in [3.8, 4) is 17.2 Å². The zero-order valence-electron chi connectivity index (χ0n) is 19.2. The highest BCUT2D eigenvalue weighted by molar-refractivity contribution is 6.02. The normalized spacial score (nSPS) is 11.2. The van der Waals surface area contributed by atoms with E-state index in [-0.39, 0.29) is 11.6 Å². The van der Waals surface area contributed by atoms with E-state index in [1.54, 1.807) is 48.5 Å². The lowest BCUT2D eigenvalue weighted by molar-refractivity contribution is -0.384. The van der Waals surface area contributed by atoms with Crippen molar-refractivity contribution < 1.29 is 23.9 Å². The molecular weight excluding hydrogens is 452 g/mol. The summed E-state index contributed by atoms with van der Waals surface area (Å²) in [6.07, 6.45) is 1.69. The highest BCUT2D eigenvalue weighted by Gasteiger charge is 2.17. The molecular formula is C25H22N4O6. The molecule has 10 heteroatoms. The van der Waals surface area contributed by atoms with Gasteiger partial charge in [0.25, 0.3) is 11.6 Å². The molecule has 2 N–H and O–H groups in total. The first kappa shape index (κ1) is 23.3. The van der Waals surface area contributed by atoms with E-state index < -0.39 is 4.92 Å². The molecule has 0 saturated carbocycles. The van der Waals surface area contributed by atoms with Crippen molar-refractivity contribution in [2.45, 2.75) is 0 Å². The largest absolute Gasteiger partial charge is 0.493 e. The summed E-state index contributed by atoms with van der Waals surface area (Å²) in [5.74, 6) is 1.27. The number of non-ortho nitro benzene ring substituents is 1. The maximum absolute atomic E-state index is 13.0. The predicted molar refractivity (Wildman–Crippen MR) is 131 cm³/mol. The fourth-order valence-corrected chi connectivity index (χ4v) is 3.54. The van der Waals surface area contributed by atoms with Gasteiger partial charge in [0.15, 0.2) is 17.3 Å². The fourth-order valence-electron chi connectivity index (χ4n) is 3.54. The third kappa shape index (κ3) is 4.91. The Kier molecular flexibility index (Phi) is 6.63. The number of methoxy groups -OCH3 is 3. The van der Waals surface area contributed by atoms with Crippen molar-refractivity contribution in [3.63, 3.8) is 0 Å². The Morgan fingerprint density at radius 3 is 2.29 bits per heavy atom. The van der Waals surface area contributed by atoms with Gasteiger partial charge in [-0.3, -0.25) is 14.9 Å². The quantitative estimate of drug-likeness (QED) is 0.286. The van der Waals surface area contributed by atoms with Gasteiger partial charge < -0.3 is 24.5 Å². The summed E-state index contributed by atoms with van der Waals surface area (Å²) in [6, 6.07) is 16.5. The SMILES string of the molecule is COc1cc(C=C(NC(=O)c2ccccc2)c2nc3ccc([N+](=O)[O-])cc3[nH]2)cc(OC)c1OC. The third-order valence-corrected chi connectivity index (χ3v) is 5.21. The van der Waals surface area contributed by atoms with Crippen LogP contribution in [-0.2, 0) is 0 Å². The van der Waals surface area contributed by atoms with Crippen LogP contribution in [0.25, 0.3) is 22.8 Å². The second-order valence-corrected chi connectivity index (χ2v) is 7.38. The van der Waals surface area contributed by atoms with Crippen LogP contribution in [0.5, 0.6) is 17.2 Å². The highest BCUT2D eigenvalue weighted by atomic mass is 16.6. The number of benzene rings is 3. The zero-order chi connectivity index (χ0) is 24.9. The maximum atomic E-state index is 13.0. The number of fused-ring (bicyclic) bond motifs is 1. The summed E-state index contributed by atoms with van der Waals surface area (Å²) in [6.45, 7) is 0. The number of H-pyrrole nitrogens is 1. The van der Waals surface area contributed by atoms with Gasteiger partial charge in [0, 0.05) is 17.7 Å². The molecule has 0 spiro atoms. The molecule has 4 aromatic rings. The number of rotatable bonds is 8. The lowest BCUT2D eigenvalue weighted by Crippen LogP contribution is -2.22. The molecule has 0 radical (unpaired) electrons. The minimum absolute atomic E-state index is 0.0730. The molecule has 0 saturated heterocycles. The summed E-state index contributed by atoms with van der Waals surface area (Å²) in [5.41, 5.74) is 2.32. The van der Waals surface area contributed by atoms with E-state index >= 15 is 0 Å². The van der Waals surface area contributed by atoms with Gasteiger partial charge in [0.2, 0.25) is 5.75 Å². The Morgan fingerprint density at radius 2 is 1.69 bits per heavy atom. The Bertz CT molecular complexity index is 1400. The number of nitrogens with zero attached hydrogens (tertiary/aromatic N) is 2. The molecule has 4 rings (SSSR count). The standard InChI is InChI=1S/C25H22N4O6/c1-33-21-12-15(13-22(34-2)23(21)35-3)11-20(28-25(30)16-7-5-4-6-8-16)24-26-18-10-9-17(29(31)32)14-19(18)27-24/h4-14H,1-3H3,(H,26,27)(H,28,30). The highest BCUT2D eigenvalue weighted by Crippen LogP contribution is 2.39. The van der Waals surface area contributed by atoms with Crippen molar-refractivity contribution in [2.75, 3.05) is 21.3 Å². The van der Waals surface area contributed by atoms with Gasteiger partial charge >= 0.3 is 0 Å². The molecule has 0 aliphatic carbocycles. The first-order valence-corrected chi connectivity index (χ1v) is 10.5. The molecule has 1 amide bonds. The number of aromatic nitrogens is 2. The van der Waals surface area contributed by atoms with Gasteiger partial charge in [-0.1, -0.05) is 18.2 Å². The summed E-state index contributed by atoms with van der Waals surface area (Å²) >= 11 is 0. The summed E-state index contributed by atoms with van der Waals surface area (Å²) < 4.78 is 16.2. The number of hydrogen-bond donors (Lipinski definition) is 2. The third-order valence-electron chi connectivity index (χ3n) is 5.21. The van der Waals surface area contributed by atoms with Crippen molar-refractivity contribution >= 4 is 34.4 Å². The average molecular weight is 474 g/mol. The lowest BCUT2D eigenvalue weighted by atomic mass is 10.1. The monoisotopic (exact) mass is 474 g/mol. The molecule has 35 heavy (non-hydrogen) atoms. The van der Waals surface area contributed by atoms with E-state index in [1.165, 1.54) is 33.5 Å². The van der Waals surface area contributed by atoms with Gasteiger partial charge in [-0.2, -0.15) is 0 Å². The molecule has 178 valence electrons. The number of amides is 1. The summed E-state index contributed by atoms with van der Waals surface area (Å²) in [5, 5.41) is 14.1. The van der Waals surface area contributed by atoms with Crippen LogP contribution in [0, 0.1) is 10.1 Å². The molecule has 0 atom stereocenters. The second-order valence-electron chi connectivity index (χ2n) is 7.38. The molecule has 0 fully saturated rings. The number of hydrogen-bond acceptors (Lipinski definition) is 7.